The van der Waals surface area contributed by atoms with Gasteiger partial charge in [-0.2, -0.15) is 0 Å². The highest BCUT2D eigenvalue weighted by Gasteiger charge is 2.55. The maximum Gasteiger partial charge on any atom is 0.171 e. The summed E-state index contributed by atoms with van der Waals surface area (Å²) in [6.07, 6.45) is 13.3. The van der Waals surface area contributed by atoms with Gasteiger partial charge in [0.1, 0.15) is 0 Å². The number of nitrogens with zero attached hydrogens (tertiary/aromatic N) is 1. The van der Waals surface area contributed by atoms with E-state index in [1.54, 1.807) is 0 Å². The molecule has 3 aliphatic rings. The van der Waals surface area contributed by atoms with Crippen LogP contribution in [0.3, 0.4) is 0 Å². The zero-order chi connectivity index (χ0) is 33.4. The molecule has 3 saturated carbocycles. The van der Waals surface area contributed by atoms with E-state index < -0.39 is 34.4 Å². The number of hydrogen-bond acceptors (Lipinski definition) is 2. The van der Waals surface area contributed by atoms with Crippen molar-refractivity contribution in [1.82, 2.24) is 5.32 Å². The topological polar surface area (TPSA) is 24.4 Å². The van der Waals surface area contributed by atoms with Crippen molar-refractivity contribution in [3.63, 3.8) is 0 Å². The first-order valence-electron chi connectivity index (χ1n) is 16.9. The van der Waals surface area contributed by atoms with Crippen LogP contribution in [0.4, 0.5) is 17.6 Å². The van der Waals surface area contributed by atoms with Crippen LogP contribution in [0.25, 0.3) is 5.70 Å². The van der Waals surface area contributed by atoms with Crippen LogP contribution in [-0.4, -0.2) is 12.3 Å². The molecule has 256 valence electrons. The Balaban J connectivity index is 0.00000195. The van der Waals surface area contributed by atoms with Gasteiger partial charge in [-0.15, -0.1) is 6.58 Å². The monoisotopic (exact) mass is 634 g/mol. The maximum atomic E-state index is 14.3. The zero-order valence-electron chi connectivity index (χ0n) is 28.7. The third kappa shape index (κ3) is 8.71. The predicted octanol–water partition coefficient (Wildman–Crippen LogP) is 12.4. The molecule has 0 saturated heterocycles. The summed E-state index contributed by atoms with van der Waals surface area (Å²) in [7, 11) is 0. The Morgan fingerprint density at radius 2 is 1.53 bits per heavy atom. The molecule has 0 heterocycles. The molecule has 0 aromatic heterocycles. The van der Waals surface area contributed by atoms with Crippen LogP contribution in [0.15, 0.2) is 36.5 Å². The molecule has 0 spiro atoms. The van der Waals surface area contributed by atoms with Crippen molar-refractivity contribution < 1.29 is 17.6 Å². The highest BCUT2D eigenvalue weighted by molar-refractivity contribution is 5.85. The molecular weight excluding hydrogens is 572 g/mol. The van der Waals surface area contributed by atoms with Crippen molar-refractivity contribution in [2.24, 2.45) is 39.5 Å². The van der Waals surface area contributed by atoms with Crippen molar-refractivity contribution in [2.45, 2.75) is 127 Å². The van der Waals surface area contributed by atoms with Gasteiger partial charge in [-0.25, -0.2) is 17.6 Å². The SMILES string of the molecule is C.C=CCCC1C2CCC3CC(=NCCC(=C)NC(=C)c4c(F)c(F)c(C)c(F)c4F)CCC3(C)C2CCC1(C)C.CC.CC. The second-order valence-corrected chi connectivity index (χ2v) is 13.4. The number of benzene rings is 1. The zero-order valence-corrected chi connectivity index (χ0v) is 28.7. The predicted molar refractivity (Wildman–Crippen MR) is 186 cm³/mol. The fraction of sp³-hybridized carbons (Fsp3) is 0.667. The molecule has 3 aliphatic carbocycles. The molecule has 4 rings (SSSR count). The summed E-state index contributed by atoms with van der Waals surface area (Å²) in [5.41, 5.74) is 0.637. The Kier molecular flexibility index (Phi) is 15.8. The standard InChI is InChI=1S/C34H46F4N2.2C2H6.CH4/c1-8-9-10-26-25-12-11-23-19-24(13-17-34(23,7)27(25)14-16-33(26,5)6)39-18-15-20(2)40-22(4)28-31(37)29(35)21(3)30(36)32(28)38;2*1-2;/h8,23,25-27,40H,1-2,4,9-19H2,3,5-7H3;2*1-2H3;1H4. The summed E-state index contributed by atoms with van der Waals surface area (Å²) in [5.74, 6) is -2.76. The number of fused-ring (bicyclic) bond motifs is 3. The van der Waals surface area contributed by atoms with Crippen LogP contribution in [-0.2, 0) is 0 Å². The van der Waals surface area contributed by atoms with E-state index in [1.807, 2.05) is 27.7 Å². The number of rotatable bonds is 9. The van der Waals surface area contributed by atoms with Crippen molar-refractivity contribution >= 4 is 11.4 Å². The molecule has 1 aromatic carbocycles. The molecule has 0 bridgehead atoms. The van der Waals surface area contributed by atoms with Crippen molar-refractivity contribution in [3.05, 3.63) is 65.9 Å². The molecule has 1 aromatic rings. The molecule has 5 atom stereocenters. The van der Waals surface area contributed by atoms with Gasteiger partial charge in [0.05, 0.1) is 5.56 Å². The average Bonchev–Trinajstić information content (AvgIpc) is 3.00. The number of allylic oxidation sites excluding steroid dienone is 1. The number of hydrogen-bond donors (Lipinski definition) is 1. The van der Waals surface area contributed by atoms with Gasteiger partial charge in [0.25, 0.3) is 0 Å². The van der Waals surface area contributed by atoms with Crippen LogP contribution in [0.1, 0.15) is 131 Å². The van der Waals surface area contributed by atoms with Gasteiger partial charge < -0.3 is 5.32 Å². The minimum absolute atomic E-state index is 0. The Morgan fingerprint density at radius 1 is 0.933 bits per heavy atom. The number of halogens is 4. The van der Waals surface area contributed by atoms with Crippen molar-refractivity contribution in [3.8, 4) is 0 Å². The minimum Gasteiger partial charge on any atom is -0.359 e. The van der Waals surface area contributed by atoms with E-state index in [2.05, 4.69) is 51.9 Å². The van der Waals surface area contributed by atoms with E-state index in [9.17, 15) is 17.6 Å². The maximum absolute atomic E-state index is 14.3. The second kappa shape index (κ2) is 17.5. The minimum atomic E-state index is -1.46. The third-order valence-electron chi connectivity index (χ3n) is 10.7. The first-order chi connectivity index (χ1) is 20.8. The summed E-state index contributed by atoms with van der Waals surface area (Å²) < 4.78 is 56.7. The first kappa shape index (κ1) is 40.7. The van der Waals surface area contributed by atoms with Crippen LogP contribution in [0.2, 0.25) is 0 Å². The van der Waals surface area contributed by atoms with Gasteiger partial charge >= 0.3 is 0 Å². The van der Waals surface area contributed by atoms with Gasteiger partial charge in [-0.05, 0) is 99.2 Å². The van der Waals surface area contributed by atoms with Crippen LogP contribution in [0.5, 0.6) is 0 Å². The Hall–Kier alpha value is -2.37. The third-order valence-corrected chi connectivity index (χ3v) is 10.7. The van der Waals surface area contributed by atoms with Gasteiger partial charge in [-0.3, -0.25) is 4.99 Å². The van der Waals surface area contributed by atoms with Gasteiger partial charge in [0, 0.05) is 35.6 Å². The lowest BCUT2D eigenvalue weighted by Gasteiger charge is -2.60. The van der Waals surface area contributed by atoms with Crippen LogP contribution < -0.4 is 5.32 Å². The molecule has 1 N–H and O–H groups in total. The van der Waals surface area contributed by atoms with E-state index in [0.29, 0.717) is 35.4 Å². The highest BCUT2D eigenvalue weighted by Crippen LogP contribution is 2.63. The Bertz CT molecular complexity index is 1170. The first-order valence-corrected chi connectivity index (χ1v) is 16.9. The molecule has 3 fully saturated rings. The summed E-state index contributed by atoms with van der Waals surface area (Å²) >= 11 is 0. The molecule has 5 unspecified atom stereocenters. The summed E-state index contributed by atoms with van der Waals surface area (Å²) in [5, 5.41) is 2.72. The average molecular weight is 635 g/mol. The largest absolute Gasteiger partial charge is 0.359 e. The van der Waals surface area contributed by atoms with Gasteiger partial charge in [-0.1, -0.05) is 75.1 Å². The van der Waals surface area contributed by atoms with Crippen molar-refractivity contribution in [2.75, 3.05) is 6.54 Å². The van der Waals surface area contributed by atoms with Crippen LogP contribution >= 0.6 is 0 Å². The molecule has 0 amide bonds. The smallest absolute Gasteiger partial charge is 0.171 e. The Morgan fingerprint density at radius 3 is 2.11 bits per heavy atom. The van der Waals surface area contributed by atoms with Crippen LogP contribution in [0, 0.1) is 64.7 Å². The summed E-state index contributed by atoms with van der Waals surface area (Å²) in [6, 6.07) is 0. The second-order valence-electron chi connectivity index (χ2n) is 13.4. The number of nitrogens with one attached hydrogen (secondary N) is 1. The molecule has 45 heavy (non-hydrogen) atoms. The molecule has 0 aliphatic heterocycles. The van der Waals surface area contributed by atoms with E-state index in [-0.39, 0.29) is 13.1 Å². The lowest BCUT2D eigenvalue weighted by Crippen LogP contribution is -2.53. The fourth-order valence-electron chi connectivity index (χ4n) is 8.30. The molecule has 2 nitrogen and oxygen atoms in total. The fourth-order valence-corrected chi connectivity index (χ4v) is 8.30. The number of aliphatic imine (C=N–C) groups is 1. The highest BCUT2D eigenvalue weighted by atomic mass is 19.2. The van der Waals surface area contributed by atoms with E-state index in [4.69, 9.17) is 4.99 Å². The lowest BCUT2D eigenvalue weighted by atomic mass is 9.44. The van der Waals surface area contributed by atoms with E-state index >= 15 is 0 Å². The molecule has 0 radical (unpaired) electrons. The molecule has 6 heteroatoms. The van der Waals surface area contributed by atoms with Gasteiger partial charge in [0.15, 0.2) is 23.3 Å². The lowest BCUT2D eigenvalue weighted by molar-refractivity contribution is -0.0990. The van der Waals surface area contributed by atoms with Crippen molar-refractivity contribution in [1.29, 1.82) is 0 Å². The van der Waals surface area contributed by atoms with Gasteiger partial charge in [0.2, 0.25) is 0 Å². The summed E-state index contributed by atoms with van der Waals surface area (Å²) in [4.78, 5) is 4.89. The normalized spacial score (nSPS) is 27.2. The Labute approximate surface area is 273 Å². The summed E-state index contributed by atoms with van der Waals surface area (Å²) in [6.45, 7) is 28.4. The molecular formula is C39H62F4N2. The van der Waals surface area contributed by atoms with E-state index in [0.717, 1.165) is 43.9 Å². The quantitative estimate of drug-likeness (QED) is 0.163. The van der Waals surface area contributed by atoms with E-state index in [1.165, 1.54) is 44.2 Å².